The number of rotatable bonds is 2. The summed E-state index contributed by atoms with van der Waals surface area (Å²) in [4.78, 5) is 21.6. The minimum atomic E-state index is 0.0409. The molecule has 3 heterocycles. The second-order valence-electron chi connectivity index (χ2n) is 7.67. The zero-order valence-corrected chi connectivity index (χ0v) is 15.4. The van der Waals surface area contributed by atoms with Crippen LogP contribution in [0.5, 0.6) is 0 Å². The van der Waals surface area contributed by atoms with Gasteiger partial charge in [-0.1, -0.05) is 42.5 Å². The van der Waals surface area contributed by atoms with Crippen LogP contribution in [0.1, 0.15) is 24.3 Å². The van der Waals surface area contributed by atoms with E-state index in [1.165, 1.54) is 18.4 Å². The van der Waals surface area contributed by atoms with E-state index < -0.39 is 0 Å². The molecule has 2 aliphatic rings. The molecule has 1 aromatic heterocycles. The number of aromatic nitrogens is 2. The second-order valence-corrected chi connectivity index (χ2v) is 7.67. The fourth-order valence-corrected chi connectivity index (χ4v) is 4.43. The summed E-state index contributed by atoms with van der Waals surface area (Å²) in [5.41, 5.74) is 3.22. The Kier molecular flexibility index (Phi) is 4.17. The highest BCUT2D eigenvalue weighted by atomic mass is 16.2. The van der Waals surface area contributed by atoms with E-state index in [0.29, 0.717) is 12.0 Å². The Hall–Kier alpha value is -2.66. The molecule has 2 aromatic carbocycles. The molecule has 2 saturated heterocycles. The first kappa shape index (κ1) is 16.5. The van der Waals surface area contributed by atoms with Crippen molar-refractivity contribution in [1.82, 2.24) is 19.4 Å². The monoisotopic (exact) mass is 360 g/mol. The first-order valence-corrected chi connectivity index (χ1v) is 9.80. The van der Waals surface area contributed by atoms with Crippen molar-refractivity contribution in [2.75, 3.05) is 26.2 Å². The van der Waals surface area contributed by atoms with E-state index in [1.807, 2.05) is 29.2 Å². The number of likely N-dealkylation sites (tertiary alicyclic amines) is 2. The van der Waals surface area contributed by atoms with E-state index in [1.54, 1.807) is 10.9 Å². The number of piperidine rings is 1. The highest BCUT2D eigenvalue weighted by Gasteiger charge is 2.37. The van der Waals surface area contributed by atoms with Crippen LogP contribution in [0.3, 0.4) is 0 Å². The van der Waals surface area contributed by atoms with Crippen LogP contribution in [-0.4, -0.2) is 57.6 Å². The van der Waals surface area contributed by atoms with Crippen LogP contribution in [0.25, 0.3) is 11.0 Å². The van der Waals surface area contributed by atoms with E-state index in [9.17, 15) is 4.79 Å². The molecular formula is C22H24N4O. The van der Waals surface area contributed by atoms with Gasteiger partial charge in [0.15, 0.2) is 0 Å². The van der Waals surface area contributed by atoms with Gasteiger partial charge in [0.25, 0.3) is 0 Å². The Morgan fingerprint density at radius 2 is 1.63 bits per heavy atom. The van der Waals surface area contributed by atoms with Crippen molar-refractivity contribution in [3.05, 3.63) is 66.5 Å². The second kappa shape index (κ2) is 6.82. The summed E-state index contributed by atoms with van der Waals surface area (Å²) in [7, 11) is 0. The molecule has 0 atom stereocenters. The number of benzene rings is 2. The van der Waals surface area contributed by atoms with Crippen molar-refractivity contribution >= 4 is 17.1 Å². The maximum Gasteiger partial charge on any atom is 0.330 e. The van der Waals surface area contributed by atoms with Crippen molar-refractivity contribution < 1.29 is 4.79 Å². The van der Waals surface area contributed by atoms with Crippen molar-refractivity contribution in [3.8, 4) is 0 Å². The van der Waals surface area contributed by atoms with E-state index in [4.69, 9.17) is 0 Å². The Morgan fingerprint density at radius 1 is 0.926 bits per heavy atom. The molecule has 3 aromatic rings. The van der Waals surface area contributed by atoms with Crippen LogP contribution in [0.2, 0.25) is 0 Å². The molecule has 0 bridgehead atoms. The zero-order chi connectivity index (χ0) is 18.2. The van der Waals surface area contributed by atoms with Crippen LogP contribution in [0, 0.1) is 0 Å². The van der Waals surface area contributed by atoms with E-state index in [-0.39, 0.29) is 6.03 Å². The molecule has 0 radical (unpaired) electrons. The number of carbonyl (C=O) groups excluding carboxylic acids is 1. The fourth-order valence-electron chi connectivity index (χ4n) is 4.43. The van der Waals surface area contributed by atoms with Gasteiger partial charge >= 0.3 is 6.03 Å². The lowest BCUT2D eigenvalue weighted by Gasteiger charge is -2.47. The van der Waals surface area contributed by atoms with Crippen LogP contribution in [0.15, 0.2) is 60.9 Å². The molecule has 5 heteroatoms. The first-order chi connectivity index (χ1) is 13.3. The lowest BCUT2D eigenvalue weighted by atomic mass is 9.88. The van der Waals surface area contributed by atoms with Crippen molar-refractivity contribution in [3.63, 3.8) is 0 Å². The van der Waals surface area contributed by atoms with Gasteiger partial charge < -0.3 is 4.90 Å². The van der Waals surface area contributed by atoms with Gasteiger partial charge in [0, 0.05) is 19.1 Å². The van der Waals surface area contributed by atoms with Crippen LogP contribution in [-0.2, 0) is 0 Å². The van der Waals surface area contributed by atoms with E-state index in [0.717, 1.165) is 37.2 Å². The standard InChI is InChI=1S/C22H24N4O/c27-22(26-16-23-20-8-4-5-9-21(20)26)25-14-19(15-25)24-12-10-18(11-13-24)17-6-2-1-3-7-17/h1-9,16,18-19H,10-15H2. The molecule has 5 nitrogen and oxygen atoms in total. The summed E-state index contributed by atoms with van der Waals surface area (Å²) in [5.74, 6) is 0.678. The van der Waals surface area contributed by atoms with Crippen LogP contribution in [0.4, 0.5) is 4.79 Å². The Bertz CT molecular complexity index is 937. The number of hydrogen-bond donors (Lipinski definition) is 0. The minimum absolute atomic E-state index is 0.0409. The minimum Gasteiger partial charge on any atom is -0.321 e. The average Bonchev–Trinajstić information content (AvgIpc) is 3.12. The molecule has 0 N–H and O–H groups in total. The smallest absolute Gasteiger partial charge is 0.321 e. The molecule has 0 spiro atoms. The van der Waals surface area contributed by atoms with Crippen molar-refractivity contribution in [2.45, 2.75) is 24.8 Å². The average molecular weight is 360 g/mol. The summed E-state index contributed by atoms with van der Waals surface area (Å²) < 4.78 is 1.67. The molecule has 0 unspecified atom stereocenters. The van der Waals surface area contributed by atoms with Gasteiger partial charge in [0.1, 0.15) is 6.33 Å². The topological polar surface area (TPSA) is 41.4 Å². The van der Waals surface area contributed by atoms with Gasteiger partial charge in [-0.15, -0.1) is 0 Å². The molecule has 0 saturated carbocycles. The van der Waals surface area contributed by atoms with Gasteiger partial charge in [-0.25, -0.2) is 9.78 Å². The molecular weight excluding hydrogens is 336 g/mol. The highest BCUT2D eigenvalue weighted by Crippen LogP contribution is 2.30. The summed E-state index contributed by atoms with van der Waals surface area (Å²) in [5, 5.41) is 0. The molecule has 5 rings (SSSR count). The molecule has 0 aliphatic carbocycles. The Labute approximate surface area is 159 Å². The fraction of sp³-hybridized carbons (Fsp3) is 0.364. The molecule has 27 heavy (non-hydrogen) atoms. The maximum absolute atomic E-state index is 12.8. The number of amides is 1. The quantitative estimate of drug-likeness (QED) is 0.702. The maximum atomic E-state index is 12.8. The van der Waals surface area contributed by atoms with Crippen LogP contribution >= 0.6 is 0 Å². The summed E-state index contributed by atoms with van der Waals surface area (Å²) >= 11 is 0. The van der Waals surface area contributed by atoms with Gasteiger partial charge in [-0.3, -0.25) is 9.47 Å². The van der Waals surface area contributed by atoms with Gasteiger partial charge in [-0.2, -0.15) is 0 Å². The summed E-state index contributed by atoms with van der Waals surface area (Å²) in [6.45, 7) is 3.89. The van der Waals surface area contributed by atoms with Crippen molar-refractivity contribution in [1.29, 1.82) is 0 Å². The van der Waals surface area contributed by atoms with Gasteiger partial charge in [0.05, 0.1) is 11.0 Å². The third-order valence-corrected chi connectivity index (χ3v) is 6.11. The number of carbonyl (C=O) groups is 1. The number of hydrogen-bond acceptors (Lipinski definition) is 3. The SMILES string of the molecule is O=C(N1CC(N2CCC(c3ccccc3)CC2)C1)n1cnc2ccccc21. The lowest BCUT2D eigenvalue weighted by molar-refractivity contribution is 0.0420. The Balaban J connectivity index is 1.17. The predicted molar refractivity (Wildman–Crippen MR) is 106 cm³/mol. The number of fused-ring (bicyclic) bond motifs is 1. The van der Waals surface area contributed by atoms with Gasteiger partial charge in [0.2, 0.25) is 0 Å². The molecule has 2 aliphatic heterocycles. The summed E-state index contributed by atoms with van der Waals surface area (Å²) in [6, 6.07) is 19.2. The van der Waals surface area contributed by atoms with E-state index in [2.05, 4.69) is 40.2 Å². The lowest BCUT2D eigenvalue weighted by Crippen LogP contribution is -2.62. The predicted octanol–water partition coefficient (Wildman–Crippen LogP) is 3.57. The normalized spacial score (nSPS) is 19.3. The largest absolute Gasteiger partial charge is 0.330 e. The number of imidazole rings is 1. The van der Waals surface area contributed by atoms with Crippen molar-refractivity contribution in [2.24, 2.45) is 0 Å². The number of para-hydroxylation sites is 2. The Morgan fingerprint density at radius 3 is 2.41 bits per heavy atom. The first-order valence-electron chi connectivity index (χ1n) is 9.80. The van der Waals surface area contributed by atoms with Gasteiger partial charge in [-0.05, 0) is 49.5 Å². The molecule has 2 fully saturated rings. The summed E-state index contributed by atoms with van der Waals surface area (Å²) in [6.07, 6.45) is 4.06. The third-order valence-electron chi connectivity index (χ3n) is 6.11. The number of nitrogens with zero attached hydrogens (tertiary/aromatic N) is 4. The third kappa shape index (κ3) is 3.02. The molecule has 1 amide bonds. The van der Waals surface area contributed by atoms with E-state index >= 15 is 0 Å². The molecule has 138 valence electrons. The van der Waals surface area contributed by atoms with Crippen LogP contribution < -0.4 is 0 Å². The highest BCUT2D eigenvalue weighted by molar-refractivity contribution is 5.89. The zero-order valence-electron chi connectivity index (χ0n) is 15.4.